The molecule has 1 aromatic heterocycles. The summed E-state index contributed by atoms with van der Waals surface area (Å²) in [6.07, 6.45) is 0. The van der Waals surface area contributed by atoms with Crippen LogP contribution in [0, 0.1) is 0 Å². The number of fused-ring (bicyclic) bond motifs is 6. The van der Waals surface area contributed by atoms with E-state index < -0.39 is 8.07 Å². The first-order chi connectivity index (χ1) is 26.0. The molecule has 0 bridgehead atoms. The van der Waals surface area contributed by atoms with Gasteiger partial charge in [0.25, 0.3) is 0 Å². The van der Waals surface area contributed by atoms with E-state index in [0.717, 1.165) is 11.4 Å². The van der Waals surface area contributed by atoms with E-state index in [2.05, 4.69) is 217 Å². The van der Waals surface area contributed by atoms with E-state index in [1.54, 1.807) is 0 Å². The van der Waals surface area contributed by atoms with Crippen LogP contribution in [0.1, 0.15) is 0 Å². The fourth-order valence-electron chi connectivity index (χ4n) is 8.54. The molecule has 1 aliphatic rings. The van der Waals surface area contributed by atoms with Crippen LogP contribution in [-0.2, 0) is 0 Å². The van der Waals surface area contributed by atoms with Crippen LogP contribution in [-0.4, -0.2) is 12.6 Å². The maximum absolute atomic E-state index is 2.48. The van der Waals surface area contributed by atoms with Gasteiger partial charge >= 0.3 is 0 Å². The number of nitrogens with zero attached hydrogens (tertiary/aromatic N) is 2. The van der Waals surface area contributed by atoms with Gasteiger partial charge in [-0.2, -0.15) is 23.5 Å². The zero-order valence-electron chi connectivity index (χ0n) is 29.9. The standard InChI is InChI=1S/C50H38N2Si/c1-53(2)49-20-12-10-18-44(49)46-34-42(30-32-50(46)53)51(40-26-21-36(22-27-40)35-13-5-3-6-14-35)41-28-23-37(24-29-41)38-25-31-48-45(33-38)43-17-9-11-19-47(43)52(48)39-15-7-4-8-16-39/h3-34H,1-2H3/q-1. The highest BCUT2D eigenvalue weighted by atomic mass is 28.3. The number of hydrogen-bond donors (Lipinski definition) is 0. The normalized spacial score (nSPS) is 12.9. The molecule has 3 heteroatoms. The fraction of sp³-hybridized carbons (Fsp3) is 0.0400. The molecule has 0 saturated carbocycles. The molecular formula is C50H38N2Si-. The van der Waals surface area contributed by atoms with Gasteiger partial charge in [0.15, 0.2) is 0 Å². The first-order valence-electron chi connectivity index (χ1n) is 18.4. The van der Waals surface area contributed by atoms with E-state index in [4.69, 9.17) is 0 Å². The Morgan fingerprint density at radius 1 is 0.377 bits per heavy atom. The molecule has 8 aromatic carbocycles. The Kier molecular flexibility index (Phi) is 7.31. The van der Waals surface area contributed by atoms with Gasteiger partial charge in [0.05, 0.1) is 11.0 Å². The van der Waals surface area contributed by atoms with Gasteiger partial charge in [0, 0.05) is 33.5 Å². The van der Waals surface area contributed by atoms with Crippen LogP contribution in [0.25, 0.3) is 60.9 Å². The van der Waals surface area contributed by atoms with Crippen LogP contribution in [0.4, 0.5) is 17.1 Å². The molecule has 0 saturated heterocycles. The average Bonchev–Trinajstić information content (AvgIpc) is 3.67. The molecule has 53 heavy (non-hydrogen) atoms. The van der Waals surface area contributed by atoms with Gasteiger partial charge in [-0.05, 0) is 94.5 Å². The molecular weight excluding hydrogens is 657 g/mol. The molecule has 9 aromatic rings. The van der Waals surface area contributed by atoms with Crippen molar-refractivity contribution in [3.63, 3.8) is 0 Å². The van der Waals surface area contributed by atoms with Gasteiger partial charge in [-0.25, -0.2) is 0 Å². The number of rotatable bonds is 6. The van der Waals surface area contributed by atoms with Gasteiger partial charge in [0.2, 0.25) is 0 Å². The van der Waals surface area contributed by atoms with Crippen molar-refractivity contribution in [2.24, 2.45) is 0 Å². The van der Waals surface area contributed by atoms with Gasteiger partial charge in [-0.15, -0.1) is 0 Å². The van der Waals surface area contributed by atoms with Crippen LogP contribution >= 0.6 is 0 Å². The van der Waals surface area contributed by atoms with Crippen molar-refractivity contribution in [3.05, 3.63) is 194 Å². The molecule has 0 spiro atoms. The number of anilines is 3. The summed E-state index contributed by atoms with van der Waals surface area (Å²) in [5, 5.41) is 5.57. The zero-order chi connectivity index (χ0) is 35.5. The highest BCUT2D eigenvalue weighted by Crippen LogP contribution is 2.40. The van der Waals surface area contributed by atoms with Crippen LogP contribution in [0.3, 0.4) is 0 Å². The first-order valence-corrected chi connectivity index (χ1v) is 21.4. The van der Waals surface area contributed by atoms with Crippen molar-refractivity contribution in [1.29, 1.82) is 0 Å². The van der Waals surface area contributed by atoms with Crippen LogP contribution in [0.15, 0.2) is 194 Å². The van der Waals surface area contributed by atoms with Crippen molar-refractivity contribution >= 4 is 57.3 Å². The second-order valence-electron chi connectivity index (χ2n) is 14.6. The second kappa shape index (κ2) is 12.4. The van der Waals surface area contributed by atoms with E-state index in [1.165, 1.54) is 76.9 Å². The summed E-state index contributed by atoms with van der Waals surface area (Å²) < 4.78 is 2.37. The third-order valence-electron chi connectivity index (χ3n) is 11.2. The highest BCUT2D eigenvalue weighted by molar-refractivity contribution is 7.03. The Morgan fingerprint density at radius 3 is 1.64 bits per heavy atom. The molecule has 2 nitrogen and oxygen atoms in total. The van der Waals surface area contributed by atoms with E-state index in [1.807, 2.05) is 0 Å². The lowest BCUT2D eigenvalue weighted by atomic mass is 10.0. The lowest BCUT2D eigenvalue weighted by molar-refractivity contribution is 1.18. The predicted octanol–water partition coefficient (Wildman–Crippen LogP) is 12.4. The summed E-state index contributed by atoms with van der Waals surface area (Å²) in [7, 11) is -1.76. The van der Waals surface area contributed by atoms with Crippen LogP contribution < -0.4 is 15.3 Å². The van der Waals surface area contributed by atoms with Crippen LogP contribution in [0.5, 0.6) is 0 Å². The summed E-state index contributed by atoms with van der Waals surface area (Å²) in [5.41, 5.74) is 14.6. The predicted molar refractivity (Wildman–Crippen MR) is 229 cm³/mol. The quantitative estimate of drug-likeness (QED) is 0.157. The van der Waals surface area contributed by atoms with Crippen LogP contribution in [0.2, 0.25) is 13.1 Å². The Labute approximate surface area is 311 Å². The minimum atomic E-state index is -1.76. The molecule has 0 N–H and O–H groups in total. The molecule has 0 radical (unpaired) electrons. The largest absolute Gasteiger partial charge is 0.310 e. The molecule has 0 fully saturated rings. The van der Waals surface area contributed by atoms with Crippen molar-refractivity contribution in [2.75, 3.05) is 4.90 Å². The number of para-hydroxylation sites is 2. The van der Waals surface area contributed by atoms with Crippen molar-refractivity contribution in [1.82, 2.24) is 4.57 Å². The highest BCUT2D eigenvalue weighted by Gasteiger charge is 2.27. The Morgan fingerprint density at radius 2 is 0.906 bits per heavy atom. The molecule has 0 aliphatic carbocycles. The minimum absolute atomic E-state index is 1.13. The van der Waals surface area contributed by atoms with Crippen molar-refractivity contribution in [2.45, 2.75) is 13.1 Å². The van der Waals surface area contributed by atoms with E-state index >= 15 is 0 Å². The molecule has 2 heterocycles. The maximum atomic E-state index is 2.48. The zero-order valence-corrected chi connectivity index (χ0v) is 30.9. The lowest BCUT2D eigenvalue weighted by Gasteiger charge is -2.32. The topological polar surface area (TPSA) is 8.17 Å². The summed E-state index contributed by atoms with van der Waals surface area (Å²) in [6.45, 7) is 4.96. The van der Waals surface area contributed by atoms with Gasteiger partial charge in [-0.3, -0.25) is 0 Å². The van der Waals surface area contributed by atoms with E-state index in [-0.39, 0.29) is 0 Å². The third-order valence-corrected chi connectivity index (χ3v) is 14.8. The molecule has 0 amide bonds. The lowest BCUT2D eigenvalue weighted by Crippen LogP contribution is -2.49. The fourth-order valence-corrected chi connectivity index (χ4v) is 11.6. The van der Waals surface area contributed by atoms with E-state index in [9.17, 15) is 0 Å². The van der Waals surface area contributed by atoms with Gasteiger partial charge in [-0.1, -0.05) is 141 Å². The van der Waals surface area contributed by atoms with Gasteiger partial charge < -0.3 is 9.47 Å². The Hall–Kier alpha value is -6.42. The summed E-state index contributed by atoms with van der Waals surface area (Å²) in [5.74, 6) is 0. The Balaban J connectivity index is 1.07. The maximum Gasteiger partial charge on any atom is 0.0541 e. The van der Waals surface area contributed by atoms with Crippen molar-refractivity contribution < 1.29 is 0 Å². The van der Waals surface area contributed by atoms with Crippen molar-refractivity contribution in [3.8, 4) is 39.1 Å². The molecule has 0 atom stereocenters. The third kappa shape index (κ3) is 5.15. The molecule has 253 valence electrons. The number of aromatic nitrogens is 1. The Bertz CT molecular complexity index is 2780. The number of hydrogen-bond acceptors (Lipinski definition) is 1. The first kappa shape index (κ1) is 31.3. The monoisotopic (exact) mass is 694 g/mol. The smallest absolute Gasteiger partial charge is 0.0541 e. The molecule has 10 rings (SSSR count). The summed E-state index contributed by atoms with van der Waals surface area (Å²) in [6, 6.07) is 71.2. The van der Waals surface area contributed by atoms with Gasteiger partial charge in [0.1, 0.15) is 0 Å². The average molecular weight is 695 g/mol. The minimum Gasteiger partial charge on any atom is -0.310 e. The molecule has 0 unspecified atom stereocenters. The van der Waals surface area contributed by atoms with E-state index in [0.29, 0.717) is 0 Å². The number of benzene rings is 8. The SMILES string of the molecule is C[Si-]1(C)c2ccccc2-c2cc(N(c3ccc(-c4ccccc4)cc3)c3ccc(-c4ccc5c(c4)c4ccccc4n5-c4ccccc4)cc3)ccc21. The summed E-state index contributed by atoms with van der Waals surface area (Å²) in [4.78, 5) is 2.41. The second-order valence-corrected chi connectivity index (χ2v) is 18.9. The summed E-state index contributed by atoms with van der Waals surface area (Å²) >= 11 is 0. The molecule has 1 aliphatic heterocycles.